The Morgan fingerprint density at radius 3 is 3.00 bits per heavy atom. The standard InChI is InChI=1S/C11H6FNO/c12-10-4-3-8(2-1-6-13)9-5-7-14-11(9)10/h1-5,7H. The van der Waals surface area contributed by atoms with Crippen LogP contribution in [0.2, 0.25) is 0 Å². The van der Waals surface area contributed by atoms with E-state index in [1.165, 1.54) is 18.4 Å². The molecule has 0 saturated heterocycles. The van der Waals surface area contributed by atoms with Gasteiger partial charge >= 0.3 is 0 Å². The Balaban J connectivity index is 2.68. The molecule has 0 aliphatic carbocycles. The molecular formula is C11H6FNO. The predicted octanol–water partition coefficient (Wildman–Crippen LogP) is 3.11. The molecule has 0 aliphatic rings. The molecule has 68 valence electrons. The van der Waals surface area contributed by atoms with Crippen molar-refractivity contribution in [3.05, 3.63) is 41.9 Å². The first-order valence-corrected chi connectivity index (χ1v) is 4.05. The molecule has 0 bridgehead atoms. The minimum Gasteiger partial charge on any atom is -0.461 e. The quantitative estimate of drug-likeness (QED) is 0.643. The van der Waals surface area contributed by atoms with Gasteiger partial charge in [0.05, 0.1) is 12.3 Å². The molecule has 0 radical (unpaired) electrons. The maximum atomic E-state index is 13.1. The molecule has 14 heavy (non-hydrogen) atoms. The van der Waals surface area contributed by atoms with Gasteiger partial charge in [-0.3, -0.25) is 0 Å². The summed E-state index contributed by atoms with van der Waals surface area (Å²) in [6.45, 7) is 0. The van der Waals surface area contributed by atoms with Crippen LogP contribution in [-0.2, 0) is 0 Å². The van der Waals surface area contributed by atoms with Crippen molar-refractivity contribution in [1.29, 1.82) is 5.26 Å². The SMILES string of the molecule is N#CC=Cc1ccc(F)c2occc12. The van der Waals surface area contributed by atoms with E-state index < -0.39 is 0 Å². The van der Waals surface area contributed by atoms with Gasteiger partial charge in [0.15, 0.2) is 11.4 Å². The molecule has 2 rings (SSSR count). The molecule has 0 fully saturated rings. The molecule has 2 nitrogen and oxygen atoms in total. The molecule has 1 aromatic heterocycles. The van der Waals surface area contributed by atoms with Gasteiger partial charge in [-0.2, -0.15) is 5.26 Å². The van der Waals surface area contributed by atoms with Gasteiger partial charge in [-0.1, -0.05) is 6.07 Å². The van der Waals surface area contributed by atoms with Crippen molar-refractivity contribution >= 4 is 17.0 Å². The summed E-state index contributed by atoms with van der Waals surface area (Å²) in [5.74, 6) is -0.390. The van der Waals surface area contributed by atoms with E-state index >= 15 is 0 Å². The Morgan fingerprint density at radius 2 is 2.21 bits per heavy atom. The van der Waals surface area contributed by atoms with Crippen molar-refractivity contribution in [3.8, 4) is 6.07 Å². The molecule has 0 amide bonds. The van der Waals surface area contributed by atoms with Crippen LogP contribution in [0.15, 0.2) is 35.0 Å². The van der Waals surface area contributed by atoms with Crippen molar-refractivity contribution in [1.82, 2.24) is 0 Å². The lowest BCUT2D eigenvalue weighted by Gasteiger charge is -1.95. The topological polar surface area (TPSA) is 36.9 Å². The molecule has 1 aromatic carbocycles. The van der Waals surface area contributed by atoms with Crippen molar-refractivity contribution in [2.75, 3.05) is 0 Å². The van der Waals surface area contributed by atoms with Crippen molar-refractivity contribution in [3.63, 3.8) is 0 Å². The third kappa shape index (κ3) is 1.27. The van der Waals surface area contributed by atoms with Crippen molar-refractivity contribution in [2.24, 2.45) is 0 Å². The number of fused-ring (bicyclic) bond motifs is 1. The third-order valence-electron chi connectivity index (χ3n) is 1.94. The number of allylic oxidation sites excluding steroid dienone is 1. The van der Waals surface area contributed by atoms with Gasteiger partial charge in [-0.25, -0.2) is 4.39 Å². The van der Waals surface area contributed by atoms with Gasteiger partial charge in [0.25, 0.3) is 0 Å². The van der Waals surface area contributed by atoms with Gasteiger partial charge in [-0.15, -0.1) is 0 Å². The average Bonchev–Trinajstić information content (AvgIpc) is 2.66. The highest BCUT2D eigenvalue weighted by molar-refractivity contribution is 5.87. The highest BCUT2D eigenvalue weighted by Gasteiger charge is 2.06. The summed E-state index contributed by atoms with van der Waals surface area (Å²) in [7, 11) is 0. The van der Waals surface area contributed by atoms with E-state index in [0.29, 0.717) is 5.39 Å². The minimum absolute atomic E-state index is 0.227. The minimum atomic E-state index is -0.390. The van der Waals surface area contributed by atoms with Crippen LogP contribution in [0.3, 0.4) is 0 Å². The molecule has 0 aliphatic heterocycles. The second-order valence-corrected chi connectivity index (χ2v) is 2.76. The number of rotatable bonds is 1. The van der Waals surface area contributed by atoms with Crippen LogP contribution in [0.4, 0.5) is 4.39 Å². The normalized spacial score (nSPS) is 10.9. The summed E-state index contributed by atoms with van der Waals surface area (Å²) in [6.07, 6.45) is 4.40. The Kier molecular flexibility index (Phi) is 2.04. The molecule has 1 heterocycles. The Hall–Kier alpha value is -2.08. The highest BCUT2D eigenvalue weighted by atomic mass is 19.1. The van der Waals surface area contributed by atoms with Gasteiger partial charge < -0.3 is 4.42 Å². The van der Waals surface area contributed by atoms with Gasteiger partial charge in [-0.05, 0) is 23.8 Å². The van der Waals surface area contributed by atoms with Gasteiger partial charge in [0.2, 0.25) is 0 Å². The van der Waals surface area contributed by atoms with Crippen LogP contribution in [0, 0.1) is 17.1 Å². The van der Waals surface area contributed by atoms with Crippen molar-refractivity contribution in [2.45, 2.75) is 0 Å². The van der Waals surface area contributed by atoms with E-state index in [-0.39, 0.29) is 11.4 Å². The number of benzene rings is 1. The zero-order chi connectivity index (χ0) is 9.97. The number of furan rings is 1. The van der Waals surface area contributed by atoms with Gasteiger partial charge in [0.1, 0.15) is 0 Å². The Labute approximate surface area is 79.9 Å². The summed E-state index contributed by atoms with van der Waals surface area (Å²) in [5, 5.41) is 9.05. The summed E-state index contributed by atoms with van der Waals surface area (Å²) in [6, 6.07) is 6.49. The van der Waals surface area contributed by atoms with Gasteiger partial charge in [0, 0.05) is 11.5 Å². The number of halogens is 1. The molecule has 3 heteroatoms. The maximum Gasteiger partial charge on any atom is 0.170 e. The Bertz CT molecular complexity index is 534. The summed E-state index contributed by atoms with van der Waals surface area (Å²) in [5.41, 5.74) is 1.00. The third-order valence-corrected chi connectivity index (χ3v) is 1.94. The second-order valence-electron chi connectivity index (χ2n) is 2.76. The first-order chi connectivity index (χ1) is 6.83. The van der Waals surface area contributed by atoms with Crippen molar-refractivity contribution < 1.29 is 8.81 Å². The van der Waals surface area contributed by atoms with E-state index in [0.717, 1.165) is 5.56 Å². The summed E-state index contributed by atoms with van der Waals surface area (Å²) >= 11 is 0. The van der Waals surface area contributed by atoms with E-state index in [2.05, 4.69) is 0 Å². The molecule has 0 N–H and O–H groups in total. The lowest BCUT2D eigenvalue weighted by atomic mass is 10.1. The molecule has 0 unspecified atom stereocenters. The summed E-state index contributed by atoms with van der Waals surface area (Å²) in [4.78, 5) is 0. The van der Waals surface area contributed by atoms with Crippen LogP contribution in [0.1, 0.15) is 5.56 Å². The zero-order valence-electron chi connectivity index (χ0n) is 7.20. The summed E-state index contributed by atoms with van der Waals surface area (Å²) < 4.78 is 18.1. The lowest BCUT2D eigenvalue weighted by molar-refractivity contribution is 0.560. The first-order valence-electron chi connectivity index (χ1n) is 4.05. The molecule has 2 aromatic rings. The highest BCUT2D eigenvalue weighted by Crippen LogP contribution is 2.23. The fourth-order valence-corrected chi connectivity index (χ4v) is 1.32. The van der Waals surface area contributed by atoms with Crippen LogP contribution in [0.25, 0.3) is 17.0 Å². The lowest BCUT2D eigenvalue weighted by Crippen LogP contribution is -1.78. The smallest absolute Gasteiger partial charge is 0.170 e. The molecule has 0 saturated carbocycles. The fraction of sp³-hybridized carbons (Fsp3) is 0. The molecular weight excluding hydrogens is 181 g/mol. The fourth-order valence-electron chi connectivity index (χ4n) is 1.32. The van der Waals surface area contributed by atoms with E-state index in [1.54, 1.807) is 18.2 Å². The predicted molar refractivity (Wildman–Crippen MR) is 50.8 cm³/mol. The molecule has 0 atom stereocenters. The largest absolute Gasteiger partial charge is 0.461 e. The number of nitriles is 1. The molecule has 0 spiro atoms. The van der Waals surface area contributed by atoms with Crippen LogP contribution in [0.5, 0.6) is 0 Å². The van der Waals surface area contributed by atoms with Crippen LogP contribution >= 0.6 is 0 Å². The van der Waals surface area contributed by atoms with E-state index in [9.17, 15) is 4.39 Å². The van der Waals surface area contributed by atoms with E-state index in [4.69, 9.17) is 9.68 Å². The van der Waals surface area contributed by atoms with E-state index in [1.807, 2.05) is 6.07 Å². The number of hydrogen-bond donors (Lipinski definition) is 0. The average molecular weight is 187 g/mol. The monoisotopic (exact) mass is 187 g/mol. The van der Waals surface area contributed by atoms with Crippen LogP contribution in [-0.4, -0.2) is 0 Å². The number of hydrogen-bond acceptors (Lipinski definition) is 2. The number of nitrogens with zero attached hydrogens (tertiary/aromatic N) is 1. The first kappa shape index (κ1) is 8.52. The Morgan fingerprint density at radius 1 is 1.36 bits per heavy atom. The second kappa shape index (κ2) is 3.35. The van der Waals surface area contributed by atoms with Crippen LogP contribution < -0.4 is 0 Å². The maximum absolute atomic E-state index is 13.1. The zero-order valence-corrected chi connectivity index (χ0v) is 7.20.